The van der Waals surface area contributed by atoms with Crippen molar-refractivity contribution in [2.45, 2.75) is 26.3 Å². The maximum absolute atomic E-state index is 11.6. The van der Waals surface area contributed by atoms with Gasteiger partial charge < -0.3 is 9.88 Å². The van der Waals surface area contributed by atoms with E-state index >= 15 is 0 Å². The van der Waals surface area contributed by atoms with Crippen LogP contribution < -0.4 is 10.5 Å². The highest BCUT2D eigenvalue weighted by Crippen LogP contribution is 2.11. The molecule has 1 aliphatic heterocycles. The van der Waals surface area contributed by atoms with Gasteiger partial charge in [0.15, 0.2) is 5.82 Å². The summed E-state index contributed by atoms with van der Waals surface area (Å²) in [6.07, 6.45) is 4.38. The number of aromatic nitrogens is 2. The zero-order valence-electron chi connectivity index (χ0n) is 10.5. The van der Waals surface area contributed by atoms with Crippen LogP contribution >= 0.6 is 0 Å². The summed E-state index contributed by atoms with van der Waals surface area (Å²) in [4.78, 5) is 23.0. The molecule has 94 valence electrons. The van der Waals surface area contributed by atoms with E-state index in [-0.39, 0.29) is 5.56 Å². The minimum atomic E-state index is -0.0931. The molecule has 1 N–H and O–H groups in total. The van der Waals surface area contributed by atoms with Crippen LogP contribution in [0.2, 0.25) is 0 Å². The molecule has 0 aliphatic carbocycles. The summed E-state index contributed by atoms with van der Waals surface area (Å²) >= 11 is 0. The second-order valence-corrected chi connectivity index (χ2v) is 4.52. The minimum absolute atomic E-state index is 0.0931. The van der Waals surface area contributed by atoms with E-state index in [4.69, 9.17) is 0 Å². The Hall–Kier alpha value is -1.36. The Morgan fingerprint density at radius 2 is 2.12 bits per heavy atom. The molecule has 0 saturated carbocycles. The van der Waals surface area contributed by atoms with Gasteiger partial charge in [-0.25, -0.2) is 4.98 Å². The minimum Gasteiger partial charge on any atom is -0.349 e. The number of nitrogens with zero attached hydrogens (tertiary/aromatic N) is 3. The molecule has 1 saturated heterocycles. The molecule has 0 bridgehead atoms. The second kappa shape index (κ2) is 5.31. The molecule has 1 aromatic heterocycles. The first-order valence-corrected chi connectivity index (χ1v) is 6.25. The lowest BCUT2D eigenvalue weighted by Crippen LogP contribution is -2.50. The third-order valence-electron chi connectivity index (χ3n) is 3.52. The van der Waals surface area contributed by atoms with Crippen LogP contribution in [0.1, 0.15) is 20.3 Å². The largest absolute Gasteiger partial charge is 0.349 e. The normalized spacial score (nSPS) is 19.3. The molecule has 1 aromatic rings. The third-order valence-corrected chi connectivity index (χ3v) is 3.52. The molecule has 1 atom stereocenters. The Morgan fingerprint density at radius 1 is 1.41 bits per heavy atom. The predicted octanol–water partition coefficient (Wildman–Crippen LogP) is 0.690. The number of hydrogen-bond acceptors (Lipinski definition) is 4. The first-order valence-electron chi connectivity index (χ1n) is 6.25. The van der Waals surface area contributed by atoms with Crippen molar-refractivity contribution in [1.82, 2.24) is 14.9 Å². The zero-order chi connectivity index (χ0) is 12.3. The second-order valence-electron chi connectivity index (χ2n) is 4.52. The molecule has 17 heavy (non-hydrogen) atoms. The van der Waals surface area contributed by atoms with E-state index in [1.54, 1.807) is 12.4 Å². The summed E-state index contributed by atoms with van der Waals surface area (Å²) < 4.78 is 0. The molecule has 0 radical (unpaired) electrons. The molecule has 5 heteroatoms. The molecular formula is C12H20N4O. The highest BCUT2D eigenvalue weighted by atomic mass is 16.1. The monoisotopic (exact) mass is 236 g/mol. The standard InChI is InChI=1S/C12H20N4O/c1-3-10(2)15-6-8-16(9-7-15)11-12(17)14-5-4-13-11/h4-5,10H,3,6-9H2,1-2H3,(H,14,17). The molecule has 2 rings (SSSR count). The van der Waals surface area contributed by atoms with Gasteiger partial charge in [-0.1, -0.05) is 6.92 Å². The fourth-order valence-corrected chi connectivity index (χ4v) is 2.20. The molecule has 1 fully saturated rings. The van der Waals surface area contributed by atoms with E-state index in [0.29, 0.717) is 11.9 Å². The molecule has 2 heterocycles. The van der Waals surface area contributed by atoms with Gasteiger partial charge in [-0.05, 0) is 13.3 Å². The van der Waals surface area contributed by atoms with Crippen LogP contribution in [0, 0.1) is 0 Å². The first kappa shape index (κ1) is 12.1. The van der Waals surface area contributed by atoms with Gasteiger partial charge >= 0.3 is 0 Å². The topological polar surface area (TPSA) is 52.2 Å². The smallest absolute Gasteiger partial charge is 0.290 e. The number of rotatable bonds is 3. The quantitative estimate of drug-likeness (QED) is 0.839. The fourth-order valence-electron chi connectivity index (χ4n) is 2.20. The van der Waals surface area contributed by atoms with Gasteiger partial charge in [0, 0.05) is 44.6 Å². The maximum Gasteiger partial charge on any atom is 0.290 e. The Morgan fingerprint density at radius 3 is 2.71 bits per heavy atom. The summed E-state index contributed by atoms with van der Waals surface area (Å²) in [5.74, 6) is 0.552. The highest BCUT2D eigenvalue weighted by molar-refractivity contribution is 5.35. The molecular weight excluding hydrogens is 216 g/mol. The van der Waals surface area contributed by atoms with Gasteiger partial charge in [0.25, 0.3) is 5.56 Å². The van der Waals surface area contributed by atoms with Crippen molar-refractivity contribution in [3.63, 3.8) is 0 Å². The van der Waals surface area contributed by atoms with Crippen LogP contribution in [0.25, 0.3) is 0 Å². The number of piperazine rings is 1. The molecule has 1 aliphatic rings. The van der Waals surface area contributed by atoms with Crippen LogP contribution in [0.15, 0.2) is 17.2 Å². The van der Waals surface area contributed by atoms with Crippen molar-refractivity contribution in [3.8, 4) is 0 Å². The summed E-state index contributed by atoms with van der Waals surface area (Å²) in [6, 6.07) is 0.624. The number of H-pyrrole nitrogens is 1. The van der Waals surface area contributed by atoms with Crippen LogP contribution in [0.4, 0.5) is 5.82 Å². The summed E-state index contributed by atoms with van der Waals surface area (Å²) in [5, 5.41) is 0. The van der Waals surface area contributed by atoms with E-state index in [0.717, 1.165) is 26.2 Å². The molecule has 1 unspecified atom stereocenters. The number of hydrogen-bond donors (Lipinski definition) is 1. The maximum atomic E-state index is 11.6. The van der Waals surface area contributed by atoms with Crippen LogP contribution in [-0.2, 0) is 0 Å². The zero-order valence-corrected chi connectivity index (χ0v) is 10.5. The third kappa shape index (κ3) is 2.66. The fraction of sp³-hybridized carbons (Fsp3) is 0.667. The van der Waals surface area contributed by atoms with E-state index in [2.05, 4.69) is 33.6 Å². The van der Waals surface area contributed by atoms with Gasteiger partial charge in [0.05, 0.1) is 0 Å². The van der Waals surface area contributed by atoms with E-state index in [9.17, 15) is 4.79 Å². The lowest BCUT2D eigenvalue weighted by molar-refractivity contribution is 0.192. The Kier molecular flexibility index (Phi) is 3.78. The van der Waals surface area contributed by atoms with E-state index in [1.165, 1.54) is 6.42 Å². The van der Waals surface area contributed by atoms with Gasteiger partial charge in [-0.3, -0.25) is 9.69 Å². The van der Waals surface area contributed by atoms with Crippen molar-refractivity contribution in [2.24, 2.45) is 0 Å². The lowest BCUT2D eigenvalue weighted by atomic mass is 10.2. The van der Waals surface area contributed by atoms with Crippen molar-refractivity contribution >= 4 is 5.82 Å². The molecule has 0 aromatic carbocycles. The first-order chi connectivity index (χ1) is 8.22. The highest BCUT2D eigenvalue weighted by Gasteiger charge is 2.22. The Balaban J connectivity index is 2.00. The molecule has 5 nitrogen and oxygen atoms in total. The van der Waals surface area contributed by atoms with E-state index < -0.39 is 0 Å². The number of nitrogens with one attached hydrogen (secondary N) is 1. The van der Waals surface area contributed by atoms with Crippen molar-refractivity contribution < 1.29 is 0 Å². The van der Waals surface area contributed by atoms with Crippen molar-refractivity contribution in [1.29, 1.82) is 0 Å². The number of anilines is 1. The average Bonchev–Trinajstić information content (AvgIpc) is 2.39. The lowest BCUT2D eigenvalue weighted by Gasteiger charge is -2.37. The van der Waals surface area contributed by atoms with Gasteiger partial charge in [-0.2, -0.15) is 0 Å². The van der Waals surface area contributed by atoms with Crippen molar-refractivity contribution in [3.05, 3.63) is 22.7 Å². The van der Waals surface area contributed by atoms with Crippen molar-refractivity contribution in [2.75, 3.05) is 31.1 Å². The van der Waals surface area contributed by atoms with E-state index in [1.807, 2.05) is 0 Å². The number of aromatic amines is 1. The molecule has 0 spiro atoms. The van der Waals surface area contributed by atoms with Crippen LogP contribution in [0.5, 0.6) is 0 Å². The van der Waals surface area contributed by atoms with Gasteiger partial charge in [0.2, 0.25) is 0 Å². The van der Waals surface area contributed by atoms with Gasteiger partial charge in [-0.15, -0.1) is 0 Å². The Labute approximate surface area is 101 Å². The summed E-state index contributed by atoms with van der Waals surface area (Å²) in [7, 11) is 0. The van der Waals surface area contributed by atoms with Crippen LogP contribution in [0.3, 0.4) is 0 Å². The SMILES string of the molecule is CCC(C)N1CCN(c2ncc[nH]c2=O)CC1. The Bertz CT molecular complexity index is 409. The summed E-state index contributed by atoms with van der Waals surface area (Å²) in [6.45, 7) is 8.23. The average molecular weight is 236 g/mol. The predicted molar refractivity (Wildman–Crippen MR) is 68.4 cm³/mol. The van der Waals surface area contributed by atoms with Gasteiger partial charge in [0.1, 0.15) is 0 Å². The summed E-state index contributed by atoms with van der Waals surface area (Å²) in [5.41, 5.74) is -0.0931. The molecule has 0 amide bonds. The van der Waals surface area contributed by atoms with Crippen LogP contribution in [-0.4, -0.2) is 47.1 Å².